The summed E-state index contributed by atoms with van der Waals surface area (Å²) in [4.78, 5) is 0. The van der Waals surface area contributed by atoms with E-state index in [1.165, 1.54) is 0 Å². The second kappa shape index (κ2) is 7.80. The maximum absolute atomic E-state index is 6.09. The highest BCUT2D eigenvalue weighted by atomic mass is 35.5. The van der Waals surface area contributed by atoms with Crippen LogP contribution < -0.4 is 10.1 Å². The second-order valence-electron chi connectivity index (χ2n) is 3.89. The number of hydrogen-bond acceptors (Lipinski definition) is 2. The van der Waals surface area contributed by atoms with Gasteiger partial charge in [0.25, 0.3) is 0 Å². The molecule has 4 heteroatoms. The molecule has 17 heavy (non-hydrogen) atoms. The summed E-state index contributed by atoms with van der Waals surface area (Å²) in [6.07, 6.45) is 2.21. The van der Waals surface area contributed by atoms with Crippen molar-refractivity contribution in [2.75, 3.05) is 13.1 Å². The van der Waals surface area contributed by atoms with E-state index in [1.54, 1.807) is 6.07 Å². The first-order chi connectivity index (χ1) is 8.19. The highest BCUT2D eigenvalue weighted by Crippen LogP contribution is 2.32. The zero-order valence-electron chi connectivity index (χ0n) is 10.3. The quantitative estimate of drug-likeness (QED) is 0.807. The summed E-state index contributed by atoms with van der Waals surface area (Å²) in [6.45, 7) is 5.98. The van der Waals surface area contributed by atoms with Gasteiger partial charge in [-0.05, 0) is 25.1 Å². The monoisotopic (exact) mass is 275 g/mol. The van der Waals surface area contributed by atoms with Crippen LogP contribution in [0.15, 0.2) is 18.2 Å². The van der Waals surface area contributed by atoms with Crippen LogP contribution in [0.1, 0.15) is 26.7 Å². The lowest BCUT2D eigenvalue weighted by Gasteiger charge is -2.19. The van der Waals surface area contributed by atoms with Crippen LogP contribution in [-0.2, 0) is 0 Å². The highest BCUT2D eigenvalue weighted by molar-refractivity contribution is 6.42. The summed E-state index contributed by atoms with van der Waals surface area (Å²) in [6, 6.07) is 5.46. The predicted molar refractivity (Wildman–Crippen MR) is 74.3 cm³/mol. The maximum Gasteiger partial charge on any atom is 0.139 e. The number of rotatable bonds is 7. The molecule has 0 aliphatic rings. The Morgan fingerprint density at radius 1 is 1.29 bits per heavy atom. The van der Waals surface area contributed by atoms with Crippen LogP contribution in [0.25, 0.3) is 0 Å². The van der Waals surface area contributed by atoms with E-state index in [1.807, 2.05) is 12.1 Å². The molecule has 0 saturated carbocycles. The molecule has 1 unspecified atom stereocenters. The lowest BCUT2D eigenvalue weighted by Crippen LogP contribution is -2.31. The van der Waals surface area contributed by atoms with Crippen molar-refractivity contribution in [2.24, 2.45) is 0 Å². The molecule has 0 amide bonds. The van der Waals surface area contributed by atoms with E-state index < -0.39 is 0 Å². The summed E-state index contributed by atoms with van der Waals surface area (Å²) >= 11 is 12.0. The molecule has 0 aliphatic carbocycles. The van der Waals surface area contributed by atoms with E-state index in [4.69, 9.17) is 27.9 Å². The Labute approximate surface area is 113 Å². The Morgan fingerprint density at radius 3 is 2.71 bits per heavy atom. The van der Waals surface area contributed by atoms with Crippen LogP contribution in [0, 0.1) is 0 Å². The fourth-order valence-corrected chi connectivity index (χ4v) is 1.92. The maximum atomic E-state index is 6.09. The minimum absolute atomic E-state index is 0.135. The van der Waals surface area contributed by atoms with Gasteiger partial charge in [0.1, 0.15) is 16.9 Å². The number of likely N-dealkylation sites (N-methyl/N-ethyl adjacent to an activating group) is 1. The molecule has 0 bridgehead atoms. The fraction of sp³-hybridized carbons (Fsp3) is 0.538. The molecule has 0 aliphatic heterocycles. The Morgan fingerprint density at radius 2 is 2.06 bits per heavy atom. The lowest BCUT2D eigenvalue weighted by atomic mass is 10.2. The molecule has 1 N–H and O–H groups in total. The first kappa shape index (κ1) is 14.6. The van der Waals surface area contributed by atoms with Crippen molar-refractivity contribution in [1.29, 1.82) is 0 Å². The summed E-state index contributed by atoms with van der Waals surface area (Å²) in [5, 5.41) is 4.31. The minimum Gasteiger partial charge on any atom is -0.487 e. The summed E-state index contributed by atoms with van der Waals surface area (Å²) < 4.78 is 5.89. The van der Waals surface area contributed by atoms with E-state index in [2.05, 4.69) is 19.2 Å². The van der Waals surface area contributed by atoms with Gasteiger partial charge in [0, 0.05) is 6.54 Å². The molecular formula is C13H19Cl2NO. The number of hydrogen-bond donors (Lipinski definition) is 1. The number of halogens is 2. The van der Waals surface area contributed by atoms with Crippen molar-refractivity contribution >= 4 is 23.2 Å². The smallest absolute Gasteiger partial charge is 0.139 e. The molecule has 1 aromatic carbocycles. The van der Waals surface area contributed by atoms with Gasteiger partial charge < -0.3 is 10.1 Å². The van der Waals surface area contributed by atoms with E-state index >= 15 is 0 Å². The molecular weight excluding hydrogens is 257 g/mol. The van der Waals surface area contributed by atoms with Gasteiger partial charge in [0.2, 0.25) is 0 Å². The van der Waals surface area contributed by atoms with Gasteiger partial charge in [-0.1, -0.05) is 49.5 Å². The van der Waals surface area contributed by atoms with Crippen LogP contribution >= 0.6 is 23.2 Å². The van der Waals surface area contributed by atoms with Gasteiger partial charge >= 0.3 is 0 Å². The molecule has 0 spiro atoms. The molecule has 0 heterocycles. The van der Waals surface area contributed by atoms with Crippen molar-refractivity contribution in [1.82, 2.24) is 5.32 Å². The number of ether oxygens (including phenoxy) is 1. The van der Waals surface area contributed by atoms with E-state index in [0.717, 1.165) is 25.9 Å². The SMILES string of the molecule is CCCC(CNCC)Oc1cccc(Cl)c1Cl. The van der Waals surface area contributed by atoms with E-state index in [0.29, 0.717) is 15.8 Å². The molecule has 1 atom stereocenters. The van der Waals surface area contributed by atoms with Crippen LogP contribution in [0.2, 0.25) is 10.0 Å². The van der Waals surface area contributed by atoms with Crippen LogP contribution in [0.3, 0.4) is 0 Å². The van der Waals surface area contributed by atoms with Crippen LogP contribution in [0.4, 0.5) is 0 Å². The van der Waals surface area contributed by atoms with Gasteiger partial charge in [-0.2, -0.15) is 0 Å². The van der Waals surface area contributed by atoms with Crippen molar-refractivity contribution in [3.63, 3.8) is 0 Å². The number of nitrogens with one attached hydrogen (secondary N) is 1. The van der Waals surface area contributed by atoms with E-state index in [9.17, 15) is 0 Å². The molecule has 1 rings (SSSR count). The molecule has 0 saturated heterocycles. The standard InChI is InChI=1S/C13H19Cl2NO/c1-3-6-10(9-16-4-2)17-12-8-5-7-11(14)13(12)15/h5,7-8,10,16H,3-4,6,9H2,1-2H3. The zero-order chi connectivity index (χ0) is 12.7. The van der Waals surface area contributed by atoms with Crippen LogP contribution in [0.5, 0.6) is 5.75 Å². The molecule has 0 aromatic heterocycles. The molecule has 96 valence electrons. The third kappa shape index (κ3) is 4.74. The first-order valence-electron chi connectivity index (χ1n) is 6.00. The summed E-state index contributed by atoms with van der Waals surface area (Å²) in [7, 11) is 0. The van der Waals surface area contributed by atoms with Gasteiger partial charge in [-0.15, -0.1) is 0 Å². The lowest BCUT2D eigenvalue weighted by molar-refractivity contribution is 0.187. The van der Waals surface area contributed by atoms with Gasteiger partial charge in [-0.25, -0.2) is 0 Å². The summed E-state index contributed by atoms with van der Waals surface area (Å²) in [5.41, 5.74) is 0. The van der Waals surface area contributed by atoms with Gasteiger partial charge in [-0.3, -0.25) is 0 Å². The Balaban J connectivity index is 2.67. The number of benzene rings is 1. The fourth-order valence-electron chi connectivity index (χ4n) is 1.58. The van der Waals surface area contributed by atoms with Crippen molar-refractivity contribution in [3.8, 4) is 5.75 Å². The third-order valence-corrected chi connectivity index (χ3v) is 3.24. The van der Waals surface area contributed by atoms with Gasteiger partial charge in [0.15, 0.2) is 0 Å². The van der Waals surface area contributed by atoms with Crippen molar-refractivity contribution < 1.29 is 4.74 Å². The average Bonchev–Trinajstić information content (AvgIpc) is 2.32. The topological polar surface area (TPSA) is 21.3 Å². The highest BCUT2D eigenvalue weighted by Gasteiger charge is 2.12. The zero-order valence-corrected chi connectivity index (χ0v) is 11.8. The van der Waals surface area contributed by atoms with Crippen LogP contribution in [-0.4, -0.2) is 19.2 Å². The van der Waals surface area contributed by atoms with Gasteiger partial charge in [0.05, 0.1) is 5.02 Å². The molecule has 2 nitrogen and oxygen atoms in total. The van der Waals surface area contributed by atoms with E-state index in [-0.39, 0.29) is 6.10 Å². The summed E-state index contributed by atoms with van der Waals surface area (Å²) in [5.74, 6) is 0.663. The Bertz CT molecular complexity index is 344. The Hall–Kier alpha value is -0.440. The largest absolute Gasteiger partial charge is 0.487 e. The van der Waals surface area contributed by atoms with Crippen molar-refractivity contribution in [3.05, 3.63) is 28.2 Å². The van der Waals surface area contributed by atoms with Crippen molar-refractivity contribution in [2.45, 2.75) is 32.8 Å². The third-order valence-electron chi connectivity index (χ3n) is 2.44. The molecule has 0 fully saturated rings. The molecule has 0 radical (unpaired) electrons. The molecule has 1 aromatic rings. The Kier molecular flexibility index (Phi) is 6.71. The normalized spacial score (nSPS) is 12.5. The minimum atomic E-state index is 0.135. The second-order valence-corrected chi connectivity index (χ2v) is 4.67. The predicted octanol–water partition coefficient (Wildman–Crippen LogP) is 4.15. The first-order valence-corrected chi connectivity index (χ1v) is 6.76. The average molecular weight is 276 g/mol.